The fraction of sp³-hybridized carbons (Fsp3) is 0.750. The Kier molecular flexibility index (Phi) is 1.08. The molecule has 0 aromatic heterocycles. The van der Waals surface area contributed by atoms with Gasteiger partial charge in [-0.3, -0.25) is 0 Å². The summed E-state index contributed by atoms with van der Waals surface area (Å²) in [6.07, 6.45) is 1.56. The van der Waals surface area contributed by atoms with E-state index in [1.165, 1.54) is 0 Å². The van der Waals surface area contributed by atoms with Crippen LogP contribution in [0, 0.1) is 0 Å². The molecule has 3 heteroatoms. The lowest BCUT2D eigenvalue weighted by molar-refractivity contribution is -0.180. The third-order valence-corrected chi connectivity index (χ3v) is 1.19. The van der Waals surface area contributed by atoms with Crippen molar-refractivity contribution in [3.05, 3.63) is 0 Å². The first-order chi connectivity index (χ1) is 3.34. The predicted octanol–water partition coefficient (Wildman–Crippen LogP) is -0.351. The van der Waals surface area contributed by atoms with E-state index in [9.17, 15) is 4.79 Å². The maximum atomic E-state index is 9.80. The highest BCUT2D eigenvalue weighted by Gasteiger charge is 2.24. The predicted molar refractivity (Wildman–Crippen MR) is 23.0 cm³/mol. The second-order valence-electron chi connectivity index (χ2n) is 1.66. The first kappa shape index (κ1) is 4.74. The molecule has 1 heterocycles. The Morgan fingerprint density at radius 2 is 2.57 bits per heavy atom. The summed E-state index contributed by atoms with van der Waals surface area (Å²) in [6.45, 7) is 0.642. The van der Waals surface area contributed by atoms with Crippen molar-refractivity contribution in [3.8, 4) is 0 Å². The molecule has 0 spiro atoms. The van der Waals surface area contributed by atoms with Gasteiger partial charge in [-0.2, -0.15) is 5.06 Å². The van der Waals surface area contributed by atoms with E-state index in [2.05, 4.69) is 0 Å². The molecule has 3 nitrogen and oxygen atoms in total. The molecule has 1 rings (SSSR count). The van der Waals surface area contributed by atoms with Crippen molar-refractivity contribution in [2.45, 2.75) is 12.5 Å². The SMILES string of the molecule is O=CC1CCN1O. The largest absolute Gasteiger partial charge is 0.313 e. The lowest BCUT2D eigenvalue weighted by Crippen LogP contribution is -2.45. The quantitative estimate of drug-likeness (QED) is 0.459. The smallest absolute Gasteiger partial charge is 0.139 e. The number of carbonyl (C=O) groups excluding carboxylic acids is 1. The van der Waals surface area contributed by atoms with Gasteiger partial charge in [-0.05, 0) is 6.42 Å². The van der Waals surface area contributed by atoms with Gasteiger partial charge >= 0.3 is 0 Å². The van der Waals surface area contributed by atoms with Crippen molar-refractivity contribution in [1.82, 2.24) is 5.06 Å². The fourth-order valence-electron chi connectivity index (χ4n) is 0.532. The Balaban J connectivity index is 2.28. The minimum atomic E-state index is -0.208. The molecule has 1 atom stereocenters. The summed E-state index contributed by atoms with van der Waals surface area (Å²) in [7, 11) is 0. The number of hydrogen-bond acceptors (Lipinski definition) is 3. The minimum absolute atomic E-state index is 0.208. The van der Waals surface area contributed by atoms with E-state index in [4.69, 9.17) is 5.21 Å². The van der Waals surface area contributed by atoms with Crippen LogP contribution in [0.3, 0.4) is 0 Å². The van der Waals surface area contributed by atoms with Gasteiger partial charge in [-0.25, -0.2) is 0 Å². The van der Waals surface area contributed by atoms with Crippen LogP contribution in [0.5, 0.6) is 0 Å². The van der Waals surface area contributed by atoms with Gasteiger partial charge in [0.1, 0.15) is 6.29 Å². The molecule has 0 aromatic carbocycles. The fourth-order valence-corrected chi connectivity index (χ4v) is 0.532. The van der Waals surface area contributed by atoms with Crippen molar-refractivity contribution in [2.75, 3.05) is 6.54 Å². The van der Waals surface area contributed by atoms with Crippen LogP contribution in [-0.2, 0) is 4.79 Å². The standard InChI is InChI=1S/C4H7NO2/c6-3-4-1-2-5(4)7/h3-4,7H,1-2H2. The Hall–Kier alpha value is -0.410. The van der Waals surface area contributed by atoms with E-state index in [1.54, 1.807) is 0 Å². The molecular weight excluding hydrogens is 94.0 g/mol. The van der Waals surface area contributed by atoms with Crippen LogP contribution in [0.15, 0.2) is 0 Å². The molecule has 1 fully saturated rings. The Labute approximate surface area is 41.5 Å². The maximum absolute atomic E-state index is 9.80. The molecule has 0 radical (unpaired) electrons. The third kappa shape index (κ3) is 0.642. The monoisotopic (exact) mass is 101 g/mol. The number of nitrogens with zero attached hydrogens (tertiary/aromatic N) is 1. The second-order valence-corrected chi connectivity index (χ2v) is 1.66. The lowest BCUT2D eigenvalue weighted by atomic mass is 10.1. The van der Waals surface area contributed by atoms with Crippen molar-refractivity contribution >= 4 is 6.29 Å². The van der Waals surface area contributed by atoms with Crippen molar-refractivity contribution < 1.29 is 10.0 Å². The van der Waals surface area contributed by atoms with Gasteiger partial charge in [0.2, 0.25) is 0 Å². The number of hydrogen-bond donors (Lipinski definition) is 1. The Morgan fingerprint density at radius 3 is 2.57 bits per heavy atom. The van der Waals surface area contributed by atoms with Gasteiger partial charge in [-0.1, -0.05) is 0 Å². The topological polar surface area (TPSA) is 40.5 Å². The molecule has 1 saturated heterocycles. The van der Waals surface area contributed by atoms with Gasteiger partial charge in [0.25, 0.3) is 0 Å². The minimum Gasteiger partial charge on any atom is -0.313 e. The maximum Gasteiger partial charge on any atom is 0.139 e. The summed E-state index contributed by atoms with van der Waals surface area (Å²) < 4.78 is 0. The van der Waals surface area contributed by atoms with Crippen LogP contribution in [0.1, 0.15) is 6.42 Å². The Morgan fingerprint density at radius 1 is 1.86 bits per heavy atom. The zero-order valence-corrected chi connectivity index (χ0v) is 3.87. The third-order valence-electron chi connectivity index (χ3n) is 1.19. The van der Waals surface area contributed by atoms with Crippen LogP contribution < -0.4 is 0 Å². The van der Waals surface area contributed by atoms with Gasteiger partial charge in [0.05, 0.1) is 6.04 Å². The summed E-state index contributed by atoms with van der Waals surface area (Å²) in [4.78, 5) is 9.80. The van der Waals surface area contributed by atoms with Crippen molar-refractivity contribution in [3.63, 3.8) is 0 Å². The first-order valence-corrected chi connectivity index (χ1v) is 2.25. The molecule has 7 heavy (non-hydrogen) atoms. The van der Waals surface area contributed by atoms with Gasteiger partial charge < -0.3 is 10.0 Å². The van der Waals surface area contributed by atoms with Gasteiger partial charge in [0.15, 0.2) is 0 Å². The summed E-state index contributed by atoms with van der Waals surface area (Å²) in [5.74, 6) is 0. The van der Waals surface area contributed by atoms with Crippen LogP contribution in [0.25, 0.3) is 0 Å². The highest BCUT2D eigenvalue weighted by atomic mass is 16.5. The van der Waals surface area contributed by atoms with Crippen LogP contribution in [0.4, 0.5) is 0 Å². The molecular formula is C4H7NO2. The number of aldehydes is 1. The molecule has 0 aliphatic carbocycles. The second kappa shape index (κ2) is 1.60. The highest BCUT2D eigenvalue weighted by molar-refractivity contribution is 5.58. The molecule has 0 bridgehead atoms. The Bertz CT molecular complexity index is 83.8. The van der Waals surface area contributed by atoms with E-state index < -0.39 is 0 Å². The number of hydroxylamine groups is 2. The van der Waals surface area contributed by atoms with Crippen LogP contribution >= 0.6 is 0 Å². The van der Waals surface area contributed by atoms with E-state index in [0.29, 0.717) is 6.54 Å². The average Bonchev–Trinajstić information content (AvgIpc) is 1.65. The number of carbonyl (C=O) groups is 1. The molecule has 1 aliphatic rings. The molecule has 0 saturated carbocycles. The summed E-state index contributed by atoms with van der Waals surface area (Å²) in [6, 6.07) is -0.208. The molecule has 1 unspecified atom stereocenters. The molecule has 1 N–H and O–H groups in total. The van der Waals surface area contributed by atoms with E-state index in [0.717, 1.165) is 17.8 Å². The summed E-state index contributed by atoms with van der Waals surface area (Å²) in [5, 5.41) is 9.54. The zero-order chi connectivity index (χ0) is 5.28. The van der Waals surface area contributed by atoms with E-state index in [-0.39, 0.29) is 6.04 Å². The summed E-state index contributed by atoms with van der Waals surface area (Å²) in [5.41, 5.74) is 0. The van der Waals surface area contributed by atoms with Gasteiger partial charge in [-0.15, -0.1) is 0 Å². The normalized spacial score (nSPS) is 31.9. The van der Waals surface area contributed by atoms with Crippen molar-refractivity contribution in [2.24, 2.45) is 0 Å². The van der Waals surface area contributed by atoms with Crippen LogP contribution in [0.2, 0.25) is 0 Å². The van der Waals surface area contributed by atoms with Crippen LogP contribution in [-0.4, -0.2) is 29.1 Å². The van der Waals surface area contributed by atoms with E-state index in [1.807, 2.05) is 0 Å². The zero-order valence-electron chi connectivity index (χ0n) is 3.87. The van der Waals surface area contributed by atoms with Crippen molar-refractivity contribution in [1.29, 1.82) is 0 Å². The average molecular weight is 101 g/mol. The van der Waals surface area contributed by atoms with E-state index >= 15 is 0 Å². The molecule has 0 amide bonds. The molecule has 40 valence electrons. The molecule has 0 aromatic rings. The summed E-state index contributed by atoms with van der Waals surface area (Å²) >= 11 is 0. The van der Waals surface area contributed by atoms with Gasteiger partial charge in [0, 0.05) is 6.54 Å². The molecule has 1 aliphatic heterocycles. The number of rotatable bonds is 1. The highest BCUT2D eigenvalue weighted by Crippen LogP contribution is 2.09. The lowest BCUT2D eigenvalue weighted by Gasteiger charge is -2.30. The first-order valence-electron chi connectivity index (χ1n) is 2.25.